The van der Waals surface area contributed by atoms with Crippen LogP contribution in [0.3, 0.4) is 0 Å². The molecule has 0 aromatic carbocycles. The highest BCUT2D eigenvalue weighted by Gasteiger charge is 2.72. The summed E-state index contributed by atoms with van der Waals surface area (Å²) in [6, 6.07) is 0. The Morgan fingerprint density at radius 3 is 2.44 bits per heavy atom. The van der Waals surface area contributed by atoms with Crippen LogP contribution < -0.4 is 0 Å². The third kappa shape index (κ3) is 4.27. The van der Waals surface area contributed by atoms with Crippen LogP contribution >= 0.6 is 0 Å². The van der Waals surface area contributed by atoms with Gasteiger partial charge in [0.05, 0.1) is 25.4 Å². The van der Waals surface area contributed by atoms with Crippen LogP contribution in [0.1, 0.15) is 85.5 Å². The maximum Gasteiger partial charge on any atom is 0.186 e. The van der Waals surface area contributed by atoms with Crippen molar-refractivity contribution in [1.82, 2.24) is 0 Å². The van der Waals surface area contributed by atoms with Crippen molar-refractivity contribution in [3.63, 3.8) is 0 Å². The second-order valence-electron chi connectivity index (χ2n) is 16.0. The van der Waals surface area contributed by atoms with E-state index >= 15 is 0 Å². The minimum Gasteiger partial charge on any atom is -0.394 e. The predicted octanol–water partition coefficient (Wildman–Crippen LogP) is 1.91. The third-order valence-electron chi connectivity index (χ3n) is 14.0. The Kier molecular flexibility index (Phi) is 7.49. The molecule has 10 heteroatoms. The van der Waals surface area contributed by atoms with Gasteiger partial charge in [0.25, 0.3) is 0 Å². The van der Waals surface area contributed by atoms with Crippen LogP contribution in [-0.2, 0) is 23.7 Å². The van der Waals surface area contributed by atoms with Crippen molar-refractivity contribution in [2.24, 2.45) is 46.3 Å². The normalized spacial score (nSPS) is 59.8. The Bertz CT molecular complexity index is 1090. The van der Waals surface area contributed by atoms with E-state index in [4.69, 9.17) is 18.9 Å². The highest BCUT2D eigenvalue weighted by molar-refractivity contribution is 5.89. The fourth-order valence-corrected chi connectivity index (χ4v) is 11.5. The summed E-state index contributed by atoms with van der Waals surface area (Å²) in [5.41, 5.74) is -2.10. The van der Waals surface area contributed by atoms with Crippen molar-refractivity contribution in [2.45, 2.75) is 140 Å². The number of fused-ring (bicyclic) bond motifs is 7. The molecule has 4 saturated carbocycles. The Balaban J connectivity index is 1.08. The molecule has 0 bridgehead atoms. The summed E-state index contributed by atoms with van der Waals surface area (Å²) in [6.07, 6.45) is -0.705. The van der Waals surface area contributed by atoms with Gasteiger partial charge in [0.2, 0.25) is 0 Å². The second kappa shape index (κ2) is 10.4. The predicted molar refractivity (Wildman–Crippen MR) is 152 cm³/mol. The molecular formula is C33H52O10. The van der Waals surface area contributed by atoms with Crippen molar-refractivity contribution < 1.29 is 49.3 Å². The van der Waals surface area contributed by atoms with Crippen molar-refractivity contribution in [3.8, 4) is 0 Å². The summed E-state index contributed by atoms with van der Waals surface area (Å²) in [6.45, 7) is 9.29. The van der Waals surface area contributed by atoms with E-state index in [0.717, 1.165) is 38.7 Å². The molecule has 0 aromatic rings. The standard InChI is InChI=1S/C33H52O10/c1-16-5-10-33(40-15-16)17(2)25-22(43-33)12-21-19-11-24(35)32(39)13-18(6-9-31(32,4)20(19)7-8-30(21,25)3)41-29-28(38)27(37)26(36)23(14-34)42-29/h16-23,25-29,34,36-39H,5-15H2,1-4H3/t16-,17+,18+,19-,20+,21+,22+,23-,25+,26-,27+,28-,29-,30+,31-,32+,33-/m1/s1. The summed E-state index contributed by atoms with van der Waals surface area (Å²) in [4.78, 5) is 14.0. The second-order valence-corrected chi connectivity index (χ2v) is 16.0. The van der Waals surface area contributed by atoms with Gasteiger partial charge in [-0.05, 0) is 73.5 Å². The van der Waals surface area contributed by atoms with Crippen molar-refractivity contribution in [1.29, 1.82) is 0 Å². The first-order chi connectivity index (χ1) is 20.3. The van der Waals surface area contributed by atoms with Gasteiger partial charge in [-0.15, -0.1) is 0 Å². The molecule has 3 saturated heterocycles. The van der Waals surface area contributed by atoms with Gasteiger partial charge in [0.1, 0.15) is 30.0 Å². The number of rotatable bonds is 3. The van der Waals surface area contributed by atoms with E-state index in [2.05, 4.69) is 27.7 Å². The molecule has 1 spiro atoms. The average Bonchev–Trinajstić information content (AvgIpc) is 3.42. The largest absolute Gasteiger partial charge is 0.394 e. The number of carbonyl (C=O) groups excluding carboxylic acids is 1. The average molecular weight is 609 g/mol. The fourth-order valence-electron chi connectivity index (χ4n) is 11.5. The number of ketones is 1. The topological polar surface area (TPSA) is 155 Å². The van der Waals surface area contributed by atoms with E-state index in [1.807, 2.05) is 0 Å². The van der Waals surface area contributed by atoms with Crippen LogP contribution in [0.15, 0.2) is 0 Å². The minimum absolute atomic E-state index is 0.0662. The van der Waals surface area contributed by atoms with Gasteiger partial charge in [-0.3, -0.25) is 4.79 Å². The Morgan fingerprint density at radius 2 is 1.74 bits per heavy atom. The van der Waals surface area contributed by atoms with E-state index in [1.165, 1.54) is 0 Å². The fraction of sp³-hybridized carbons (Fsp3) is 0.970. The first-order valence-electron chi connectivity index (χ1n) is 16.8. The highest BCUT2D eigenvalue weighted by atomic mass is 16.7. The minimum atomic E-state index is -1.56. The lowest BCUT2D eigenvalue weighted by molar-refractivity contribution is -0.320. The number of aliphatic hydroxyl groups is 5. The number of hydrogen-bond donors (Lipinski definition) is 5. The molecule has 4 aliphatic carbocycles. The lowest BCUT2D eigenvalue weighted by Gasteiger charge is -2.63. The Hall–Kier alpha value is -0.690. The molecule has 10 nitrogen and oxygen atoms in total. The zero-order valence-electron chi connectivity index (χ0n) is 26.1. The Morgan fingerprint density at radius 1 is 0.977 bits per heavy atom. The van der Waals surface area contributed by atoms with E-state index < -0.39 is 60.2 Å². The lowest BCUT2D eigenvalue weighted by atomic mass is 9.42. The van der Waals surface area contributed by atoms with Crippen LogP contribution in [-0.4, -0.2) is 98.8 Å². The SMILES string of the molecule is C[C@@H]1CC[C@@]2(OC1)O[C@H]1C[C@H]3[C@@H]4CC(=O)[C@@]5(O)C[C@@H](O[C@@H]6O[C@H](CO)[C@@H](O)[C@H](O)[C@H]6O)CC[C@]5(C)[C@H]4CC[C@]3(C)[C@H]1[C@@H]2C. The van der Waals surface area contributed by atoms with E-state index in [1.54, 1.807) is 0 Å². The Labute approximate surface area is 254 Å². The van der Waals surface area contributed by atoms with Gasteiger partial charge in [0, 0.05) is 30.6 Å². The zero-order chi connectivity index (χ0) is 30.7. The molecule has 3 aliphatic heterocycles. The summed E-state index contributed by atoms with van der Waals surface area (Å²) < 4.78 is 24.9. The van der Waals surface area contributed by atoms with E-state index in [9.17, 15) is 30.3 Å². The molecule has 7 rings (SSSR count). The number of hydrogen-bond acceptors (Lipinski definition) is 10. The number of aliphatic hydroxyl groups excluding tert-OH is 4. The van der Waals surface area contributed by atoms with Crippen LogP contribution in [0.25, 0.3) is 0 Å². The summed E-state index contributed by atoms with van der Waals surface area (Å²) in [5.74, 6) is 1.43. The molecule has 0 radical (unpaired) electrons. The summed E-state index contributed by atoms with van der Waals surface area (Å²) in [7, 11) is 0. The van der Waals surface area contributed by atoms with Crippen LogP contribution in [0.4, 0.5) is 0 Å². The van der Waals surface area contributed by atoms with Gasteiger partial charge < -0.3 is 44.5 Å². The molecule has 17 atom stereocenters. The van der Waals surface area contributed by atoms with Crippen LogP contribution in [0.2, 0.25) is 0 Å². The lowest BCUT2D eigenvalue weighted by Crippen LogP contribution is -2.68. The van der Waals surface area contributed by atoms with Crippen molar-refractivity contribution >= 4 is 5.78 Å². The first-order valence-corrected chi connectivity index (χ1v) is 16.8. The van der Waals surface area contributed by atoms with Gasteiger partial charge in [-0.25, -0.2) is 0 Å². The van der Waals surface area contributed by atoms with Crippen molar-refractivity contribution in [3.05, 3.63) is 0 Å². The molecule has 43 heavy (non-hydrogen) atoms. The van der Waals surface area contributed by atoms with Crippen LogP contribution in [0, 0.1) is 46.3 Å². The molecule has 0 amide bonds. The van der Waals surface area contributed by atoms with E-state index in [-0.39, 0.29) is 35.6 Å². The molecule has 7 fully saturated rings. The molecule has 7 aliphatic rings. The number of ether oxygens (including phenoxy) is 4. The van der Waals surface area contributed by atoms with E-state index in [0.29, 0.717) is 42.9 Å². The number of carbonyl (C=O) groups is 1. The maximum absolute atomic E-state index is 14.0. The van der Waals surface area contributed by atoms with Crippen molar-refractivity contribution in [2.75, 3.05) is 13.2 Å². The smallest absolute Gasteiger partial charge is 0.186 e. The van der Waals surface area contributed by atoms with Crippen LogP contribution in [0.5, 0.6) is 0 Å². The maximum atomic E-state index is 14.0. The summed E-state index contributed by atoms with van der Waals surface area (Å²) in [5, 5.41) is 52.6. The summed E-state index contributed by atoms with van der Waals surface area (Å²) >= 11 is 0. The molecule has 0 aromatic heterocycles. The monoisotopic (exact) mass is 608 g/mol. The molecular weight excluding hydrogens is 556 g/mol. The van der Waals surface area contributed by atoms with Gasteiger partial charge >= 0.3 is 0 Å². The third-order valence-corrected chi connectivity index (χ3v) is 14.0. The molecule has 5 N–H and O–H groups in total. The van der Waals surface area contributed by atoms with Gasteiger partial charge in [-0.2, -0.15) is 0 Å². The molecule has 244 valence electrons. The molecule has 3 heterocycles. The van der Waals surface area contributed by atoms with Gasteiger partial charge in [0.15, 0.2) is 17.9 Å². The zero-order valence-corrected chi connectivity index (χ0v) is 26.1. The quantitative estimate of drug-likeness (QED) is 0.300. The highest BCUT2D eigenvalue weighted by Crippen LogP contribution is 2.71. The first kappa shape index (κ1) is 30.9. The van der Waals surface area contributed by atoms with Gasteiger partial charge in [-0.1, -0.05) is 27.7 Å². The molecule has 0 unspecified atom stereocenters. The number of Topliss-reactive ketones (excluding diaryl/α,β-unsaturated/α-hetero) is 1.